The molecule has 2 aliphatic rings. The maximum Gasteiger partial charge on any atom is 0.263 e. The molecule has 7 heteroatoms. The van der Waals surface area contributed by atoms with E-state index in [2.05, 4.69) is 14.9 Å². The number of hydrogen-bond acceptors (Lipinski definition) is 5. The first-order valence-electron chi connectivity index (χ1n) is 8.39. The first-order valence-corrected chi connectivity index (χ1v) is 8.39. The molecule has 0 N–H and O–H groups in total. The molecule has 0 aliphatic carbocycles. The average molecular weight is 337 g/mol. The molecule has 0 atom stereocenters. The van der Waals surface area contributed by atoms with Crippen molar-refractivity contribution in [3.05, 3.63) is 42.4 Å². The van der Waals surface area contributed by atoms with Crippen LogP contribution in [-0.2, 0) is 4.79 Å². The molecule has 0 bridgehead atoms. The quantitative estimate of drug-likeness (QED) is 0.836. The number of carbonyl (C=O) groups excluding carboxylic acids is 2. The Balaban J connectivity index is 1.84. The second kappa shape index (κ2) is 6.25. The Labute approximate surface area is 145 Å². The molecule has 4 rings (SSSR count). The first kappa shape index (κ1) is 15.7. The van der Waals surface area contributed by atoms with Gasteiger partial charge in [-0.05, 0) is 38.1 Å². The predicted molar refractivity (Wildman–Crippen MR) is 94.0 cm³/mol. The van der Waals surface area contributed by atoms with Crippen LogP contribution in [0.25, 0.3) is 0 Å². The lowest BCUT2D eigenvalue weighted by Gasteiger charge is -2.25. The molecule has 3 heterocycles. The second-order valence-corrected chi connectivity index (χ2v) is 6.33. The van der Waals surface area contributed by atoms with Gasteiger partial charge in [0.25, 0.3) is 5.91 Å². The number of para-hydroxylation sites is 2. The number of anilines is 3. The Morgan fingerprint density at radius 2 is 1.88 bits per heavy atom. The van der Waals surface area contributed by atoms with Gasteiger partial charge in [-0.2, -0.15) is 0 Å². The summed E-state index contributed by atoms with van der Waals surface area (Å²) in [7, 11) is 1.70. The number of rotatable bonds is 2. The number of hydrogen-bond donors (Lipinski definition) is 0. The monoisotopic (exact) mass is 337 g/mol. The van der Waals surface area contributed by atoms with Crippen LogP contribution in [-0.4, -0.2) is 53.4 Å². The first-order chi connectivity index (χ1) is 12.2. The van der Waals surface area contributed by atoms with E-state index in [1.807, 2.05) is 24.3 Å². The summed E-state index contributed by atoms with van der Waals surface area (Å²) in [5.74, 6) is 0.0397. The second-order valence-electron chi connectivity index (χ2n) is 6.33. The highest BCUT2D eigenvalue weighted by Gasteiger charge is 2.34. The summed E-state index contributed by atoms with van der Waals surface area (Å²) in [6.45, 7) is 2.17. The molecule has 25 heavy (non-hydrogen) atoms. The van der Waals surface area contributed by atoms with Crippen LogP contribution in [0.15, 0.2) is 36.8 Å². The van der Waals surface area contributed by atoms with E-state index >= 15 is 0 Å². The van der Waals surface area contributed by atoms with Crippen LogP contribution in [0.5, 0.6) is 0 Å². The minimum atomic E-state index is -0.223. The Morgan fingerprint density at radius 3 is 2.64 bits per heavy atom. The van der Waals surface area contributed by atoms with Crippen LogP contribution >= 0.6 is 0 Å². The van der Waals surface area contributed by atoms with E-state index in [0.29, 0.717) is 29.3 Å². The minimum absolute atomic E-state index is 0.0857. The summed E-state index contributed by atoms with van der Waals surface area (Å²) in [6, 6.07) is 7.40. The maximum absolute atomic E-state index is 13.1. The van der Waals surface area contributed by atoms with Gasteiger partial charge >= 0.3 is 0 Å². The number of carbonyl (C=O) groups is 2. The zero-order chi connectivity index (χ0) is 17.4. The third-order valence-corrected chi connectivity index (χ3v) is 4.73. The van der Waals surface area contributed by atoms with Gasteiger partial charge in [0, 0.05) is 13.2 Å². The van der Waals surface area contributed by atoms with Crippen molar-refractivity contribution in [2.45, 2.75) is 12.8 Å². The highest BCUT2D eigenvalue weighted by molar-refractivity contribution is 6.17. The SMILES string of the molecule is CN1C(=O)c2cncnc2N(C(=O)CN2CCCC2)c2ccccc21. The summed E-state index contributed by atoms with van der Waals surface area (Å²) >= 11 is 0. The molecule has 1 aromatic heterocycles. The zero-order valence-corrected chi connectivity index (χ0v) is 14.1. The highest BCUT2D eigenvalue weighted by Crippen LogP contribution is 2.38. The van der Waals surface area contributed by atoms with Crippen molar-refractivity contribution in [1.29, 1.82) is 0 Å². The van der Waals surface area contributed by atoms with Crippen LogP contribution in [0.3, 0.4) is 0 Å². The van der Waals surface area contributed by atoms with Gasteiger partial charge in [-0.1, -0.05) is 12.1 Å². The number of likely N-dealkylation sites (tertiary alicyclic amines) is 1. The number of fused-ring (bicyclic) bond motifs is 2. The van der Waals surface area contributed by atoms with E-state index in [4.69, 9.17) is 0 Å². The van der Waals surface area contributed by atoms with E-state index < -0.39 is 0 Å². The normalized spacial score (nSPS) is 17.2. The van der Waals surface area contributed by atoms with E-state index in [1.165, 1.54) is 12.5 Å². The molecule has 2 aliphatic heterocycles. The lowest BCUT2D eigenvalue weighted by Crippen LogP contribution is -2.37. The summed E-state index contributed by atoms with van der Waals surface area (Å²) < 4.78 is 0. The molecule has 0 radical (unpaired) electrons. The van der Waals surface area contributed by atoms with E-state index in [0.717, 1.165) is 25.9 Å². The van der Waals surface area contributed by atoms with Crippen molar-refractivity contribution in [3.8, 4) is 0 Å². The molecule has 1 aromatic carbocycles. The van der Waals surface area contributed by atoms with Crippen molar-refractivity contribution in [2.24, 2.45) is 0 Å². The lowest BCUT2D eigenvalue weighted by atomic mass is 10.2. The van der Waals surface area contributed by atoms with Gasteiger partial charge in [0.05, 0.1) is 17.9 Å². The van der Waals surface area contributed by atoms with E-state index in [9.17, 15) is 9.59 Å². The fourth-order valence-electron chi connectivity index (χ4n) is 3.45. The molecule has 0 spiro atoms. The third kappa shape index (κ3) is 2.66. The standard InChI is InChI=1S/C18H19N5O2/c1-21-14-6-2-3-7-15(14)23(16(24)11-22-8-4-5-9-22)17-13(18(21)25)10-19-12-20-17/h2-3,6-7,10,12H,4-5,8-9,11H2,1H3. The number of nitrogens with zero attached hydrogens (tertiary/aromatic N) is 5. The van der Waals surface area contributed by atoms with E-state index in [-0.39, 0.29) is 11.8 Å². The zero-order valence-electron chi connectivity index (χ0n) is 14.1. The Hall–Kier alpha value is -2.80. The summed E-state index contributed by atoms with van der Waals surface area (Å²) in [6.07, 6.45) is 5.08. The fraction of sp³-hybridized carbons (Fsp3) is 0.333. The van der Waals surface area contributed by atoms with Crippen LogP contribution in [0.4, 0.5) is 17.2 Å². The Morgan fingerprint density at radius 1 is 1.16 bits per heavy atom. The summed E-state index contributed by atoms with van der Waals surface area (Å²) in [5, 5.41) is 0. The third-order valence-electron chi connectivity index (χ3n) is 4.73. The smallest absolute Gasteiger partial charge is 0.263 e. The van der Waals surface area contributed by atoms with Crippen LogP contribution in [0.2, 0.25) is 0 Å². The topological polar surface area (TPSA) is 69.6 Å². The molecule has 0 saturated carbocycles. The molecule has 1 saturated heterocycles. The van der Waals surface area contributed by atoms with Gasteiger partial charge in [0.1, 0.15) is 11.9 Å². The van der Waals surface area contributed by atoms with Crippen molar-refractivity contribution >= 4 is 29.0 Å². The van der Waals surface area contributed by atoms with Gasteiger partial charge < -0.3 is 4.90 Å². The van der Waals surface area contributed by atoms with Crippen LogP contribution < -0.4 is 9.80 Å². The van der Waals surface area contributed by atoms with Crippen LogP contribution in [0, 0.1) is 0 Å². The molecule has 2 amide bonds. The van der Waals surface area contributed by atoms with Gasteiger partial charge in [0.2, 0.25) is 5.91 Å². The van der Waals surface area contributed by atoms with Crippen LogP contribution in [0.1, 0.15) is 23.2 Å². The number of benzene rings is 1. The molecular weight excluding hydrogens is 318 g/mol. The Kier molecular flexibility index (Phi) is 3.93. The predicted octanol–water partition coefficient (Wildman–Crippen LogP) is 1.83. The van der Waals surface area contributed by atoms with Crippen molar-refractivity contribution in [2.75, 3.05) is 36.5 Å². The molecule has 0 unspecified atom stereocenters. The number of aromatic nitrogens is 2. The number of amides is 2. The molecule has 7 nitrogen and oxygen atoms in total. The van der Waals surface area contributed by atoms with Crippen molar-refractivity contribution in [3.63, 3.8) is 0 Å². The molecule has 1 fully saturated rings. The average Bonchev–Trinajstić information content (AvgIpc) is 3.11. The van der Waals surface area contributed by atoms with Crippen molar-refractivity contribution in [1.82, 2.24) is 14.9 Å². The molecule has 2 aromatic rings. The highest BCUT2D eigenvalue weighted by atomic mass is 16.2. The fourth-order valence-corrected chi connectivity index (χ4v) is 3.45. The largest absolute Gasteiger partial charge is 0.309 e. The Bertz CT molecular complexity index is 832. The van der Waals surface area contributed by atoms with Gasteiger partial charge in [0.15, 0.2) is 5.82 Å². The maximum atomic E-state index is 13.1. The molecular formula is C18H19N5O2. The van der Waals surface area contributed by atoms with Gasteiger partial charge in [-0.15, -0.1) is 0 Å². The minimum Gasteiger partial charge on any atom is -0.309 e. The van der Waals surface area contributed by atoms with Gasteiger partial charge in [-0.25, -0.2) is 9.97 Å². The summed E-state index contributed by atoms with van der Waals surface area (Å²) in [4.78, 5) is 39.4. The lowest BCUT2D eigenvalue weighted by molar-refractivity contribution is -0.118. The summed E-state index contributed by atoms with van der Waals surface area (Å²) in [5.41, 5.74) is 1.68. The molecule has 128 valence electrons. The van der Waals surface area contributed by atoms with Gasteiger partial charge in [-0.3, -0.25) is 19.4 Å². The van der Waals surface area contributed by atoms with Crippen molar-refractivity contribution < 1.29 is 9.59 Å². The van der Waals surface area contributed by atoms with E-state index in [1.54, 1.807) is 16.8 Å².